The van der Waals surface area contributed by atoms with Crippen molar-refractivity contribution in [3.05, 3.63) is 29.8 Å². The van der Waals surface area contributed by atoms with Crippen molar-refractivity contribution in [2.24, 2.45) is 10.8 Å². The van der Waals surface area contributed by atoms with Crippen LogP contribution in [0.1, 0.15) is 65.4 Å². The van der Waals surface area contributed by atoms with Crippen molar-refractivity contribution in [1.82, 2.24) is 4.90 Å². The van der Waals surface area contributed by atoms with Crippen LogP contribution in [0.4, 0.5) is 5.69 Å². The summed E-state index contributed by atoms with van der Waals surface area (Å²) < 4.78 is 0. The van der Waals surface area contributed by atoms with Gasteiger partial charge in [-0.1, -0.05) is 46.2 Å². The first-order valence-corrected chi connectivity index (χ1v) is 9.88. The second-order valence-electron chi connectivity index (χ2n) is 9.07. The Morgan fingerprint density at radius 2 is 1.92 bits per heavy atom. The molecule has 0 radical (unpaired) electrons. The minimum atomic E-state index is 0.419. The summed E-state index contributed by atoms with van der Waals surface area (Å²) in [5, 5.41) is 4.39. The van der Waals surface area contributed by atoms with Gasteiger partial charge in [0.25, 0.3) is 0 Å². The van der Waals surface area contributed by atoms with Crippen molar-refractivity contribution in [2.45, 2.75) is 72.3 Å². The summed E-state index contributed by atoms with van der Waals surface area (Å²) in [6, 6.07) is 9.40. The number of likely N-dealkylation sites (tertiary alicyclic amines) is 1. The summed E-state index contributed by atoms with van der Waals surface area (Å²) in [6.07, 6.45) is 7.52. The predicted octanol–water partition coefficient (Wildman–Crippen LogP) is 5.63. The number of thiocarbonyl (C=S) groups is 1. The minimum Gasteiger partial charge on any atom is -0.345 e. The van der Waals surface area contributed by atoms with E-state index in [4.69, 9.17) is 12.2 Å². The van der Waals surface area contributed by atoms with E-state index in [0.717, 1.165) is 17.3 Å². The van der Waals surface area contributed by atoms with Crippen molar-refractivity contribution < 1.29 is 0 Å². The number of benzene rings is 1. The summed E-state index contributed by atoms with van der Waals surface area (Å²) in [5.41, 5.74) is 3.39. The molecule has 1 aliphatic heterocycles. The summed E-state index contributed by atoms with van der Waals surface area (Å²) in [5.74, 6) is 0. The molecule has 1 heterocycles. The van der Waals surface area contributed by atoms with Crippen molar-refractivity contribution in [2.75, 3.05) is 11.9 Å². The highest BCUT2D eigenvalue weighted by atomic mass is 32.1. The fourth-order valence-electron chi connectivity index (χ4n) is 5.03. The second-order valence-corrected chi connectivity index (χ2v) is 9.46. The molecule has 0 amide bonds. The van der Waals surface area contributed by atoms with E-state index in [1.165, 1.54) is 44.1 Å². The molecule has 132 valence electrons. The van der Waals surface area contributed by atoms with Gasteiger partial charge >= 0.3 is 0 Å². The molecule has 2 bridgehead atoms. The van der Waals surface area contributed by atoms with Gasteiger partial charge in [-0.15, -0.1) is 0 Å². The average Bonchev–Trinajstić information content (AvgIpc) is 2.75. The molecule has 3 rings (SSSR count). The first kappa shape index (κ1) is 17.7. The van der Waals surface area contributed by atoms with Gasteiger partial charge in [0.05, 0.1) is 0 Å². The van der Waals surface area contributed by atoms with E-state index >= 15 is 0 Å². The van der Waals surface area contributed by atoms with Crippen LogP contribution in [0.3, 0.4) is 0 Å². The minimum absolute atomic E-state index is 0.419. The average molecular weight is 345 g/mol. The number of hydrogen-bond donors (Lipinski definition) is 1. The van der Waals surface area contributed by atoms with E-state index in [-0.39, 0.29) is 0 Å². The highest BCUT2D eigenvalue weighted by Gasteiger charge is 2.50. The number of fused-ring (bicyclic) bond motifs is 2. The molecule has 1 N–H and O–H groups in total. The molecule has 1 aliphatic carbocycles. The van der Waals surface area contributed by atoms with E-state index in [1.54, 1.807) is 0 Å². The highest BCUT2D eigenvalue weighted by Crippen LogP contribution is 2.52. The van der Waals surface area contributed by atoms with Crippen molar-refractivity contribution in [3.8, 4) is 0 Å². The molecule has 2 unspecified atom stereocenters. The van der Waals surface area contributed by atoms with Crippen LogP contribution in [0.25, 0.3) is 0 Å². The first-order valence-electron chi connectivity index (χ1n) is 9.47. The van der Waals surface area contributed by atoms with Crippen molar-refractivity contribution in [3.63, 3.8) is 0 Å². The molecule has 24 heavy (non-hydrogen) atoms. The number of rotatable bonds is 4. The third kappa shape index (κ3) is 3.93. The van der Waals surface area contributed by atoms with E-state index < -0.39 is 0 Å². The zero-order valence-electron chi connectivity index (χ0n) is 15.7. The normalized spacial score (nSPS) is 28.0. The Bertz CT molecular complexity index is 592. The number of hydrogen-bond acceptors (Lipinski definition) is 1. The molecule has 1 saturated heterocycles. The van der Waals surface area contributed by atoms with Gasteiger partial charge in [-0.25, -0.2) is 0 Å². The summed E-state index contributed by atoms with van der Waals surface area (Å²) in [4.78, 5) is 2.45. The van der Waals surface area contributed by atoms with Crippen LogP contribution < -0.4 is 5.32 Å². The maximum atomic E-state index is 5.76. The Balaban J connectivity index is 1.63. The molecule has 1 aromatic carbocycles. The SMILES string of the molecule is CCCCc1ccc(NC(=S)N2CC3(C)CC2CC(C)(C)C3)cc1. The fraction of sp³-hybridized carbons (Fsp3) is 0.667. The molecule has 2 atom stereocenters. The molecule has 2 aliphatic rings. The summed E-state index contributed by atoms with van der Waals surface area (Å²) in [6.45, 7) is 10.6. The van der Waals surface area contributed by atoms with Gasteiger partial charge in [-0.2, -0.15) is 0 Å². The van der Waals surface area contributed by atoms with Gasteiger partial charge in [-0.3, -0.25) is 0 Å². The maximum absolute atomic E-state index is 5.76. The van der Waals surface area contributed by atoms with Crippen molar-refractivity contribution >= 4 is 23.0 Å². The van der Waals surface area contributed by atoms with Crippen molar-refractivity contribution in [1.29, 1.82) is 0 Å². The Hall–Kier alpha value is -1.09. The molecule has 3 heteroatoms. The van der Waals surface area contributed by atoms with Crippen LogP contribution in [0.5, 0.6) is 0 Å². The molecular weight excluding hydrogens is 312 g/mol. The largest absolute Gasteiger partial charge is 0.345 e. The number of nitrogens with zero attached hydrogens (tertiary/aromatic N) is 1. The van der Waals surface area contributed by atoms with E-state index in [9.17, 15) is 0 Å². The molecule has 1 aromatic rings. The smallest absolute Gasteiger partial charge is 0.173 e. The van der Waals surface area contributed by atoms with Gasteiger partial charge in [0.2, 0.25) is 0 Å². The second kappa shape index (κ2) is 6.67. The molecule has 0 aromatic heterocycles. The summed E-state index contributed by atoms with van der Waals surface area (Å²) in [7, 11) is 0. The molecule has 0 spiro atoms. The van der Waals surface area contributed by atoms with E-state index in [0.29, 0.717) is 16.9 Å². The van der Waals surface area contributed by atoms with Crippen LogP contribution in [0, 0.1) is 10.8 Å². The van der Waals surface area contributed by atoms with Gasteiger partial charge in [0.15, 0.2) is 5.11 Å². The molecular formula is C21H32N2S. The van der Waals surface area contributed by atoms with Crippen LogP contribution in [-0.4, -0.2) is 22.6 Å². The molecule has 1 saturated carbocycles. The lowest BCUT2D eigenvalue weighted by atomic mass is 9.65. The lowest BCUT2D eigenvalue weighted by Gasteiger charge is -2.39. The third-order valence-electron chi connectivity index (χ3n) is 5.70. The number of aryl methyl sites for hydroxylation is 1. The first-order chi connectivity index (χ1) is 11.3. The van der Waals surface area contributed by atoms with Crippen LogP contribution in [0.15, 0.2) is 24.3 Å². The lowest BCUT2D eigenvalue weighted by molar-refractivity contribution is 0.132. The Morgan fingerprint density at radius 1 is 1.21 bits per heavy atom. The lowest BCUT2D eigenvalue weighted by Crippen LogP contribution is -2.39. The standard InChI is InChI=1S/C21H32N2S/c1-5-6-7-16-8-10-17(11-9-16)22-19(24)23-15-21(4)13-18(23)12-20(2,3)14-21/h8-11,18H,5-7,12-15H2,1-4H3,(H,22,24). The number of nitrogens with one attached hydrogen (secondary N) is 1. The monoisotopic (exact) mass is 344 g/mol. The third-order valence-corrected chi connectivity index (χ3v) is 6.04. The van der Waals surface area contributed by atoms with Crippen LogP contribution in [-0.2, 0) is 6.42 Å². The Morgan fingerprint density at radius 3 is 2.58 bits per heavy atom. The molecule has 2 nitrogen and oxygen atoms in total. The number of unbranched alkanes of at least 4 members (excludes halogenated alkanes) is 1. The quantitative estimate of drug-likeness (QED) is 0.713. The van der Waals surface area contributed by atoms with Crippen LogP contribution in [0.2, 0.25) is 0 Å². The van der Waals surface area contributed by atoms with E-state index in [2.05, 4.69) is 62.2 Å². The van der Waals surface area contributed by atoms with Gasteiger partial charge in [0.1, 0.15) is 0 Å². The zero-order chi connectivity index (χ0) is 17.4. The maximum Gasteiger partial charge on any atom is 0.173 e. The Labute approximate surface area is 153 Å². The van der Waals surface area contributed by atoms with Gasteiger partial charge in [0, 0.05) is 18.3 Å². The number of anilines is 1. The van der Waals surface area contributed by atoms with Gasteiger partial charge < -0.3 is 10.2 Å². The predicted molar refractivity (Wildman–Crippen MR) is 108 cm³/mol. The Kier molecular flexibility index (Phi) is 4.92. The fourth-order valence-corrected chi connectivity index (χ4v) is 5.36. The van der Waals surface area contributed by atoms with Crippen LogP contribution >= 0.6 is 12.2 Å². The van der Waals surface area contributed by atoms with E-state index in [1.807, 2.05) is 0 Å². The summed E-state index contributed by atoms with van der Waals surface area (Å²) >= 11 is 5.76. The topological polar surface area (TPSA) is 15.3 Å². The highest BCUT2D eigenvalue weighted by molar-refractivity contribution is 7.80. The van der Waals surface area contributed by atoms with Gasteiger partial charge in [-0.05, 0) is 72.8 Å². The molecule has 2 fully saturated rings. The zero-order valence-corrected chi connectivity index (χ0v) is 16.5.